The molecule has 0 aliphatic heterocycles. The second-order valence-electron chi connectivity index (χ2n) is 4.87. The van der Waals surface area contributed by atoms with Crippen LogP contribution in [0.3, 0.4) is 0 Å². The summed E-state index contributed by atoms with van der Waals surface area (Å²) in [6.45, 7) is 0. The number of Topliss-reactive ketones (excluding diaryl/α,β-unsaturated/α-hetero) is 1. The van der Waals surface area contributed by atoms with Crippen molar-refractivity contribution in [2.24, 2.45) is 0 Å². The molecule has 0 aromatic heterocycles. The number of hydrogen-bond donors (Lipinski definition) is 0. The van der Waals surface area contributed by atoms with Gasteiger partial charge < -0.3 is 0 Å². The molecule has 0 bridgehead atoms. The first-order valence-electron chi connectivity index (χ1n) is 6.79. The van der Waals surface area contributed by atoms with Crippen LogP contribution in [0.25, 0.3) is 0 Å². The van der Waals surface area contributed by atoms with Gasteiger partial charge in [-0.3, -0.25) is 14.9 Å². The highest BCUT2D eigenvalue weighted by Crippen LogP contribution is 2.27. The molecule has 110 valence electrons. The van der Waals surface area contributed by atoms with Gasteiger partial charge in [0.05, 0.1) is 5.92 Å². The Labute approximate surface area is 128 Å². The lowest BCUT2D eigenvalue weighted by molar-refractivity contribution is -0.510. The van der Waals surface area contributed by atoms with E-state index in [-0.39, 0.29) is 12.2 Å². The smallest absolute Gasteiger partial charge is 0.294 e. The van der Waals surface area contributed by atoms with Crippen molar-refractivity contribution in [3.63, 3.8) is 0 Å². The highest BCUT2D eigenvalue weighted by molar-refractivity contribution is 5.96. The largest absolute Gasteiger partial charge is 0.303 e. The molecular formula is C17H14N2O3. The first-order chi connectivity index (χ1) is 10.6. The molecule has 22 heavy (non-hydrogen) atoms. The van der Waals surface area contributed by atoms with Gasteiger partial charge in [0.15, 0.2) is 5.78 Å². The van der Waals surface area contributed by atoms with Gasteiger partial charge in [-0.15, -0.1) is 0 Å². The van der Waals surface area contributed by atoms with Crippen molar-refractivity contribution in [1.82, 2.24) is 0 Å². The molecule has 2 rings (SSSR count). The van der Waals surface area contributed by atoms with Crippen LogP contribution < -0.4 is 0 Å². The molecule has 0 amide bonds. The standard InChI is InChI=1S/C17H14N2O3/c18-12-16(19(21)22)15(13-7-3-1-4-8-13)11-17(20)14-9-5-2-6-10-14/h1-10,15-16H,11H2. The van der Waals surface area contributed by atoms with Crippen LogP contribution >= 0.6 is 0 Å². The number of carbonyl (C=O) groups is 1. The lowest BCUT2D eigenvalue weighted by Crippen LogP contribution is -2.28. The third kappa shape index (κ3) is 3.55. The minimum atomic E-state index is -1.45. The van der Waals surface area contributed by atoms with Crippen LogP contribution in [0.2, 0.25) is 0 Å². The molecule has 5 heteroatoms. The van der Waals surface area contributed by atoms with E-state index in [9.17, 15) is 14.9 Å². The van der Waals surface area contributed by atoms with Crippen LogP contribution in [0.1, 0.15) is 28.3 Å². The molecule has 2 atom stereocenters. The number of carbonyl (C=O) groups excluding carboxylic acids is 1. The van der Waals surface area contributed by atoms with Gasteiger partial charge in [0, 0.05) is 16.9 Å². The zero-order valence-electron chi connectivity index (χ0n) is 11.8. The van der Waals surface area contributed by atoms with E-state index in [0.717, 1.165) is 0 Å². The molecule has 2 aromatic carbocycles. The molecule has 0 aliphatic carbocycles. The van der Waals surface area contributed by atoms with Gasteiger partial charge in [0.25, 0.3) is 0 Å². The summed E-state index contributed by atoms with van der Waals surface area (Å²) < 4.78 is 0. The molecule has 5 nitrogen and oxygen atoms in total. The first kappa shape index (κ1) is 15.4. The monoisotopic (exact) mass is 294 g/mol. The predicted octanol–water partition coefficient (Wildman–Crippen LogP) is 3.21. The molecule has 0 fully saturated rings. The Kier molecular flexibility index (Phi) is 4.99. The van der Waals surface area contributed by atoms with Gasteiger partial charge >= 0.3 is 6.04 Å². The second kappa shape index (κ2) is 7.14. The summed E-state index contributed by atoms with van der Waals surface area (Å²) in [7, 11) is 0. The topological polar surface area (TPSA) is 84.0 Å². The zero-order valence-corrected chi connectivity index (χ0v) is 11.8. The Morgan fingerprint density at radius 3 is 2.14 bits per heavy atom. The van der Waals surface area contributed by atoms with E-state index in [1.54, 1.807) is 66.7 Å². The Morgan fingerprint density at radius 2 is 1.64 bits per heavy atom. The van der Waals surface area contributed by atoms with E-state index in [4.69, 9.17) is 5.26 Å². The van der Waals surface area contributed by atoms with E-state index < -0.39 is 16.9 Å². The summed E-state index contributed by atoms with van der Waals surface area (Å²) in [6.07, 6.45) is -0.0762. The van der Waals surface area contributed by atoms with Crippen molar-refractivity contribution < 1.29 is 9.72 Å². The van der Waals surface area contributed by atoms with E-state index in [2.05, 4.69) is 0 Å². The lowest BCUT2D eigenvalue weighted by Gasteiger charge is -2.16. The Balaban J connectivity index is 2.32. The summed E-state index contributed by atoms with van der Waals surface area (Å²) in [5, 5.41) is 20.2. The van der Waals surface area contributed by atoms with Crippen LogP contribution in [0.5, 0.6) is 0 Å². The number of ketones is 1. The summed E-state index contributed by atoms with van der Waals surface area (Å²) in [5.74, 6) is -0.981. The number of nitriles is 1. The Morgan fingerprint density at radius 1 is 1.09 bits per heavy atom. The maximum absolute atomic E-state index is 12.3. The van der Waals surface area contributed by atoms with Gasteiger partial charge in [0.2, 0.25) is 0 Å². The molecule has 0 spiro atoms. The predicted molar refractivity (Wildman–Crippen MR) is 81.0 cm³/mol. The fourth-order valence-electron chi connectivity index (χ4n) is 2.34. The highest BCUT2D eigenvalue weighted by atomic mass is 16.6. The van der Waals surface area contributed by atoms with Crippen LogP contribution in [0.4, 0.5) is 0 Å². The van der Waals surface area contributed by atoms with Gasteiger partial charge in [-0.05, 0) is 5.56 Å². The number of nitro groups is 1. The molecular weight excluding hydrogens is 280 g/mol. The molecule has 0 saturated carbocycles. The van der Waals surface area contributed by atoms with E-state index >= 15 is 0 Å². The Bertz CT molecular complexity index is 693. The SMILES string of the molecule is N#CC(C(CC(=O)c1ccccc1)c1ccccc1)[N+](=O)[O-]. The van der Waals surface area contributed by atoms with Crippen LogP contribution in [0, 0.1) is 21.4 Å². The van der Waals surface area contributed by atoms with E-state index in [1.165, 1.54) is 0 Å². The van der Waals surface area contributed by atoms with Crippen molar-refractivity contribution in [2.45, 2.75) is 18.4 Å². The highest BCUT2D eigenvalue weighted by Gasteiger charge is 2.34. The molecule has 2 aromatic rings. The van der Waals surface area contributed by atoms with Crippen molar-refractivity contribution in [1.29, 1.82) is 5.26 Å². The fourth-order valence-corrected chi connectivity index (χ4v) is 2.34. The average Bonchev–Trinajstić information content (AvgIpc) is 2.55. The quantitative estimate of drug-likeness (QED) is 0.465. The summed E-state index contributed by atoms with van der Waals surface area (Å²) >= 11 is 0. The van der Waals surface area contributed by atoms with Crippen molar-refractivity contribution >= 4 is 5.78 Å². The summed E-state index contributed by atoms with van der Waals surface area (Å²) in [5.41, 5.74) is 1.11. The van der Waals surface area contributed by atoms with E-state index in [1.807, 2.05) is 0 Å². The summed E-state index contributed by atoms with van der Waals surface area (Å²) in [6, 6.07) is 17.5. The third-order valence-electron chi connectivity index (χ3n) is 3.47. The maximum Gasteiger partial charge on any atom is 0.303 e. The lowest BCUT2D eigenvalue weighted by atomic mass is 9.86. The van der Waals surface area contributed by atoms with Gasteiger partial charge in [-0.1, -0.05) is 60.7 Å². The molecule has 0 saturated heterocycles. The number of hydrogen-bond acceptors (Lipinski definition) is 4. The number of benzene rings is 2. The van der Waals surface area contributed by atoms with Crippen molar-refractivity contribution in [3.8, 4) is 6.07 Å². The van der Waals surface area contributed by atoms with Gasteiger partial charge in [-0.2, -0.15) is 5.26 Å². The number of nitrogens with zero attached hydrogens (tertiary/aromatic N) is 2. The molecule has 2 unspecified atom stereocenters. The molecule has 0 N–H and O–H groups in total. The normalized spacial score (nSPS) is 12.9. The fraction of sp³-hybridized carbons (Fsp3) is 0.176. The first-order valence-corrected chi connectivity index (χ1v) is 6.79. The molecule has 0 aliphatic rings. The van der Waals surface area contributed by atoms with Crippen molar-refractivity contribution in [3.05, 3.63) is 81.9 Å². The maximum atomic E-state index is 12.3. The molecule has 0 radical (unpaired) electrons. The summed E-state index contributed by atoms with van der Waals surface area (Å²) in [4.78, 5) is 22.8. The number of rotatable bonds is 6. The van der Waals surface area contributed by atoms with Gasteiger partial charge in [-0.25, -0.2) is 0 Å². The third-order valence-corrected chi connectivity index (χ3v) is 3.47. The average molecular weight is 294 g/mol. The second-order valence-corrected chi connectivity index (χ2v) is 4.87. The minimum Gasteiger partial charge on any atom is -0.294 e. The minimum absolute atomic E-state index is 0.0762. The Hall–Kier alpha value is -3.00. The van der Waals surface area contributed by atoms with Crippen LogP contribution in [-0.2, 0) is 0 Å². The molecule has 0 heterocycles. The van der Waals surface area contributed by atoms with Crippen LogP contribution in [0.15, 0.2) is 60.7 Å². The van der Waals surface area contributed by atoms with Crippen LogP contribution in [-0.4, -0.2) is 16.7 Å². The van der Waals surface area contributed by atoms with E-state index in [0.29, 0.717) is 11.1 Å². The van der Waals surface area contributed by atoms with Crippen molar-refractivity contribution in [2.75, 3.05) is 0 Å². The van der Waals surface area contributed by atoms with Gasteiger partial charge in [0.1, 0.15) is 6.07 Å². The zero-order chi connectivity index (χ0) is 15.9.